The molecule has 1 atom stereocenters. The van der Waals surface area contributed by atoms with Gasteiger partial charge in [-0.15, -0.1) is 0 Å². The molecule has 0 aliphatic carbocycles. The van der Waals surface area contributed by atoms with Crippen LogP contribution in [0.25, 0.3) is 0 Å². The third-order valence-corrected chi connectivity index (χ3v) is 5.20. The highest BCUT2D eigenvalue weighted by molar-refractivity contribution is 5.91. The largest absolute Gasteiger partial charge is 0.487 e. The van der Waals surface area contributed by atoms with Crippen molar-refractivity contribution < 1.29 is 18.7 Å². The molecule has 2 fully saturated rings. The molecular formula is C21H25N3O4. The Morgan fingerprint density at radius 3 is 2.75 bits per heavy atom. The number of aryl methyl sites for hydroxylation is 1. The zero-order valence-electron chi connectivity index (χ0n) is 16.0. The summed E-state index contributed by atoms with van der Waals surface area (Å²) in [4.78, 5) is 28.4. The summed E-state index contributed by atoms with van der Waals surface area (Å²) in [6.07, 6.45) is 3.24. The number of carbonyl (C=O) groups excluding carboxylic acids is 2. The summed E-state index contributed by atoms with van der Waals surface area (Å²) in [7, 11) is 0. The van der Waals surface area contributed by atoms with Gasteiger partial charge in [0.25, 0.3) is 5.91 Å². The van der Waals surface area contributed by atoms with Crippen molar-refractivity contribution in [3.63, 3.8) is 0 Å². The first kappa shape index (κ1) is 18.4. The molecule has 0 unspecified atom stereocenters. The highest BCUT2D eigenvalue weighted by Crippen LogP contribution is 2.20. The second kappa shape index (κ2) is 7.96. The second-order valence-electron chi connectivity index (χ2n) is 7.48. The quantitative estimate of drug-likeness (QED) is 0.881. The van der Waals surface area contributed by atoms with E-state index in [9.17, 15) is 9.59 Å². The van der Waals surface area contributed by atoms with Gasteiger partial charge < -0.3 is 24.3 Å². The SMILES string of the molecule is Cc1cccc(OC2CN(C(=O)N[C@H]3CCCN(C(=O)c4ccco4)C3)C2)c1. The van der Waals surface area contributed by atoms with Gasteiger partial charge in [-0.1, -0.05) is 12.1 Å². The van der Waals surface area contributed by atoms with Gasteiger partial charge in [0.15, 0.2) is 5.76 Å². The van der Waals surface area contributed by atoms with Crippen LogP contribution in [0.3, 0.4) is 0 Å². The monoisotopic (exact) mass is 383 g/mol. The zero-order valence-corrected chi connectivity index (χ0v) is 16.0. The number of piperidine rings is 1. The number of urea groups is 1. The maximum atomic E-state index is 12.5. The van der Waals surface area contributed by atoms with Crippen LogP contribution in [0.2, 0.25) is 0 Å². The van der Waals surface area contributed by atoms with E-state index in [4.69, 9.17) is 9.15 Å². The highest BCUT2D eigenvalue weighted by Gasteiger charge is 2.34. The Labute approximate surface area is 164 Å². The summed E-state index contributed by atoms with van der Waals surface area (Å²) in [5.74, 6) is 1.05. The van der Waals surface area contributed by atoms with Gasteiger partial charge in [-0.05, 0) is 49.6 Å². The number of likely N-dealkylation sites (tertiary alicyclic amines) is 2. The molecule has 1 N–H and O–H groups in total. The minimum absolute atomic E-state index is 0.0240. The van der Waals surface area contributed by atoms with Crippen LogP contribution in [0.5, 0.6) is 5.75 Å². The number of hydrogen-bond donors (Lipinski definition) is 1. The summed E-state index contributed by atoms with van der Waals surface area (Å²) in [6.45, 7) is 4.35. The van der Waals surface area contributed by atoms with Gasteiger partial charge in [0, 0.05) is 19.1 Å². The summed E-state index contributed by atoms with van der Waals surface area (Å²) < 4.78 is 11.1. The van der Waals surface area contributed by atoms with Crippen LogP contribution < -0.4 is 10.1 Å². The number of rotatable bonds is 4. The van der Waals surface area contributed by atoms with Crippen LogP contribution in [0.4, 0.5) is 4.79 Å². The Morgan fingerprint density at radius 1 is 1.14 bits per heavy atom. The summed E-state index contributed by atoms with van der Waals surface area (Å²) in [6, 6.07) is 11.1. The number of nitrogens with zero attached hydrogens (tertiary/aromatic N) is 2. The van der Waals surface area contributed by atoms with Gasteiger partial charge in [-0.3, -0.25) is 4.79 Å². The molecule has 2 aliphatic rings. The Hall–Kier alpha value is -2.96. The maximum absolute atomic E-state index is 12.5. The first-order valence-corrected chi connectivity index (χ1v) is 9.70. The predicted octanol–water partition coefficient (Wildman–Crippen LogP) is 2.67. The molecule has 2 aromatic rings. The lowest BCUT2D eigenvalue weighted by atomic mass is 10.1. The number of amides is 3. The second-order valence-corrected chi connectivity index (χ2v) is 7.48. The van der Waals surface area contributed by atoms with Crippen molar-refractivity contribution in [1.82, 2.24) is 15.1 Å². The Kier molecular flexibility index (Phi) is 5.23. The summed E-state index contributed by atoms with van der Waals surface area (Å²) in [5, 5.41) is 3.05. The fraction of sp³-hybridized carbons (Fsp3) is 0.429. The lowest BCUT2D eigenvalue weighted by Gasteiger charge is -2.40. The Morgan fingerprint density at radius 2 is 2.00 bits per heavy atom. The van der Waals surface area contributed by atoms with E-state index in [-0.39, 0.29) is 24.1 Å². The first-order chi connectivity index (χ1) is 13.6. The fourth-order valence-electron chi connectivity index (χ4n) is 3.66. The number of nitrogens with one attached hydrogen (secondary N) is 1. The van der Waals surface area contributed by atoms with Gasteiger partial charge in [0.05, 0.1) is 19.4 Å². The third-order valence-electron chi connectivity index (χ3n) is 5.20. The topological polar surface area (TPSA) is 75.0 Å². The number of carbonyl (C=O) groups is 2. The third kappa shape index (κ3) is 4.13. The van der Waals surface area contributed by atoms with Crippen molar-refractivity contribution in [2.45, 2.75) is 31.9 Å². The molecule has 3 heterocycles. The number of benzene rings is 1. The minimum Gasteiger partial charge on any atom is -0.487 e. The van der Waals surface area contributed by atoms with Crippen molar-refractivity contribution in [2.75, 3.05) is 26.2 Å². The molecule has 0 bridgehead atoms. The lowest BCUT2D eigenvalue weighted by molar-refractivity contribution is 0.0413. The molecule has 2 saturated heterocycles. The smallest absolute Gasteiger partial charge is 0.317 e. The molecule has 28 heavy (non-hydrogen) atoms. The van der Waals surface area contributed by atoms with Gasteiger partial charge in [0.1, 0.15) is 11.9 Å². The number of ether oxygens (including phenoxy) is 1. The van der Waals surface area contributed by atoms with E-state index in [1.54, 1.807) is 21.9 Å². The predicted molar refractivity (Wildman–Crippen MR) is 103 cm³/mol. The van der Waals surface area contributed by atoms with Crippen molar-refractivity contribution in [1.29, 1.82) is 0 Å². The molecule has 7 nitrogen and oxygen atoms in total. The van der Waals surface area contributed by atoms with E-state index in [1.165, 1.54) is 6.26 Å². The van der Waals surface area contributed by atoms with E-state index in [2.05, 4.69) is 5.32 Å². The van der Waals surface area contributed by atoms with Crippen LogP contribution in [0.15, 0.2) is 47.1 Å². The lowest BCUT2D eigenvalue weighted by Crippen LogP contribution is -2.61. The molecule has 0 radical (unpaired) electrons. The van der Waals surface area contributed by atoms with Crippen molar-refractivity contribution >= 4 is 11.9 Å². The summed E-state index contributed by atoms with van der Waals surface area (Å²) in [5.41, 5.74) is 1.15. The molecular weight excluding hydrogens is 358 g/mol. The summed E-state index contributed by atoms with van der Waals surface area (Å²) >= 11 is 0. The van der Waals surface area contributed by atoms with Gasteiger partial charge in [-0.2, -0.15) is 0 Å². The van der Waals surface area contributed by atoms with Crippen molar-refractivity contribution in [2.24, 2.45) is 0 Å². The van der Waals surface area contributed by atoms with E-state index in [0.717, 1.165) is 24.2 Å². The standard InChI is InChI=1S/C21H25N3O4/c1-15-5-2-7-17(11-15)28-18-13-24(14-18)21(26)22-16-6-3-9-23(12-16)20(25)19-8-4-10-27-19/h2,4-5,7-8,10-11,16,18H,3,6,9,12-14H2,1H3,(H,22,26)/t16-/m0/s1. The fourth-order valence-corrected chi connectivity index (χ4v) is 3.66. The average Bonchev–Trinajstić information content (AvgIpc) is 3.18. The molecule has 0 saturated carbocycles. The normalized spacial score (nSPS) is 19.8. The zero-order chi connectivity index (χ0) is 19.5. The van der Waals surface area contributed by atoms with E-state index in [1.807, 2.05) is 31.2 Å². The van der Waals surface area contributed by atoms with Crippen LogP contribution in [-0.4, -0.2) is 60.1 Å². The number of hydrogen-bond acceptors (Lipinski definition) is 4. The van der Waals surface area contributed by atoms with E-state index >= 15 is 0 Å². The maximum Gasteiger partial charge on any atom is 0.317 e. The van der Waals surface area contributed by atoms with E-state index in [0.29, 0.717) is 31.9 Å². The van der Waals surface area contributed by atoms with Crippen LogP contribution >= 0.6 is 0 Å². The Bertz CT molecular complexity index is 830. The molecule has 1 aromatic carbocycles. The number of furan rings is 1. The molecule has 1 aromatic heterocycles. The molecule has 3 amide bonds. The highest BCUT2D eigenvalue weighted by atomic mass is 16.5. The molecule has 0 spiro atoms. The van der Waals surface area contributed by atoms with Crippen LogP contribution in [0, 0.1) is 6.92 Å². The van der Waals surface area contributed by atoms with Gasteiger partial charge in [0.2, 0.25) is 0 Å². The first-order valence-electron chi connectivity index (χ1n) is 9.70. The van der Waals surface area contributed by atoms with Gasteiger partial charge >= 0.3 is 6.03 Å². The van der Waals surface area contributed by atoms with E-state index < -0.39 is 0 Å². The molecule has 2 aliphatic heterocycles. The van der Waals surface area contributed by atoms with Crippen LogP contribution in [0.1, 0.15) is 29.0 Å². The van der Waals surface area contributed by atoms with Crippen molar-refractivity contribution in [3.8, 4) is 5.75 Å². The van der Waals surface area contributed by atoms with Gasteiger partial charge in [-0.25, -0.2) is 4.79 Å². The molecule has 7 heteroatoms. The molecule has 4 rings (SSSR count). The van der Waals surface area contributed by atoms with Crippen molar-refractivity contribution in [3.05, 3.63) is 54.0 Å². The van der Waals surface area contributed by atoms with Crippen LogP contribution in [-0.2, 0) is 0 Å². The Balaban J connectivity index is 1.23. The minimum atomic E-state index is -0.125. The molecule has 148 valence electrons. The average molecular weight is 383 g/mol.